The Bertz CT molecular complexity index is 1310. The number of pyridine rings is 1. The first-order chi connectivity index (χ1) is 23.1. The van der Waals surface area contributed by atoms with E-state index in [0.29, 0.717) is 6.04 Å². The van der Waals surface area contributed by atoms with Gasteiger partial charge in [0.2, 0.25) is 5.91 Å². The maximum absolute atomic E-state index is 13.3. The van der Waals surface area contributed by atoms with E-state index in [1.165, 1.54) is 24.8 Å². The number of amides is 1. The van der Waals surface area contributed by atoms with Gasteiger partial charge in [0, 0.05) is 56.8 Å². The van der Waals surface area contributed by atoms with E-state index < -0.39 is 5.41 Å². The molecular weight excluding hydrogens is 586 g/mol. The predicted octanol–water partition coefficient (Wildman–Crippen LogP) is 5.36. The van der Waals surface area contributed by atoms with Gasteiger partial charge in [0.15, 0.2) is 0 Å². The van der Waals surface area contributed by atoms with Crippen molar-refractivity contribution in [3.05, 3.63) is 95.8 Å². The number of nitrogens with zero attached hydrogens (tertiary/aromatic N) is 4. The normalized spacial score (nSPS) is 18.1. The van der Waals surface area contributed by atoms with Gasteiger partial charge in [-0.3, -0.25) is 14.7 Å². The van der Waals surface area contributed by atoms with Crippen LogP contribution in [0.3, 0.4) is 0 Å². The Kier molecular flexibility index (Phi) is 13.2. The van der Waals surface area contributed by atoms with E-state index in [9.17, 15) is 4.79 Å². The Labute approximate surface area is 282 Å². The Morgan fingerprint density at radius 1 is 0.915 bits per heavy atom. The summed E-state index contributed by atoms with van der Waals surface area (Å²) in [6, 6.07) is 22.8. The largest absolute Gasteiger partial charge is 0.496 e. The molecule has 5 rings (SSSR count). The number of carbonyl (C=O) groups excluding carboxylic acids is 1. The second-order valence-corrected chi connectivity index (χ2v) is 13.2. The summed E-state index contributed by atoms with van der Waals surface area (Å²) in [7, 11) is 1.73. The van der Waals surface area contributed by atoms with Crippen molar-refractivity contribution >= 4 is 5.91 Å². The zero-order valence-electron chi connectivity index (χ0n) is 28.6. The fourth-order valence-corrected chi connectivity index (χ4v) is 7.94. The lowest BCUT2D eigenvalue weighted by atomic mass is 9.64. The highest BCUT2D eigenvalue weighted by atomic mass is 16.5. The van der Waals surface area contributed by atoms with Gasteiger partial charge in [0.05, 0.1) is 7.11 Å². The standard InChI is InChI=1S/C39H55N5O3/c1-3-44(36-19-25-43(26-20-36)30-32-29-41-21-17-37(32)46-2)23-10-11-27-47-28-12-22-42-24-18-35(31-42)39(38(40)45,33-13-6-4-7-14-33)34-15-8-5-9-16-34/h4-9,13-17,21,29,35-36H,3,10-12,18-20,22-28,30-31H2,1-2H3,(H2,40,45)/t35-/m1/s1. The highest BCUT2D eigenvalue weighted by Gasteiger charge is 2.49. The van der Waals surface area contributed by atoms with Crippen LogP contribution in [0.1, 0.15) is 62.1 Å². The van der Waals surface area contributed by atoms with Crippen molar-refractivity contribution in [3.8, 4) is 5.75 Å². The van der Waals surface area contributed by atoms with Crippen molar-refractivity contribution in [1.82, 2.24) is 19.7 Å². The number of nitrogens with two attached hydrogens (primary N) is 1. The molecular formula is C39H55N5O3. The lowest BCUT2D eigenvalue weighted by Gasteiger charge is -2.38. The summed E-state index contributed by atoms with van der Waals surface area (Å²) in [6.07, 6.45) is 10.3. The number of rotatable bonds is 18. The topological polar surface area (TPSA) is 84.2 Å². The third-order valence-corrected chi connectivity index (χ3v) is 10.4. The molecule has 8 nitrogen and oxygen atoms in total. The first-order valence-corrected chi connectivity index (χ1v) is 17.7. The van der Waals surface area contributed by atoms with Crippen LogP contribution in [0, 0.1) is 5.92 Å². The van der Waals surface area contributed by atoms with E-state index in [-0.39, 0.29) is 11.8 Å². The van der Waals surface area contributed by atoms with Gasteiger partial charge in [0.25, 0.3) is 0 Å². The van der Waals surface area contributed by atoms with Crippen molar-refractivity contribution in [2.45, 2.75) is 63.5 Å². The van der Waals surface area contributed by atoms with Crippen LogP contribution in [-0.2, 0) is 21.5 Å². The molecule has 2 saturated heterocycles. The highest BCUT2D eigenvalue weighted by molar-refractivity contribution is 5.91. The Hall–Kier alpha value is -3.30. The number of ether oxygens (including phenoxy) is 2. The summed E-state index contributed by atoms with van der Waals surface area (Å²) in [4.78, 5) is 25.3. The number of unbranched alkanes of at least 4 members (excludes halogenated alkanes) is 1. The van der Waals surface area contributed by atoms with Crippen LogP contribution in [0.25, 0.3) is 0 Å². The molecule has 2 fully saturated rings. The predicted molar refractivity (Wildman–Crippen MR) is 188 cm³/mol. The second-order valence-electron chi connectivity index (χ2n) is 13.2. The molecule has 3 heterocycles. The molecule has 2 aliphatic heterocycles. The van der Waals surface area contributed by atoms with Crippen LogP contribution in [0.2, 0.25) is 0 Å². The summed E-state index contributed by atoms with van der Waals surface area (Å²) in [6.45, 7) is 12.1. The van der Waals surface area contributed by atoms with E-state index in [2.05, 4.69) is 50.9 Å². The van der Waals surface area contributed by atoms with E-state index in [0.717, 1.165) is 102 Å². The summed E-state index contributed by atoms with van der Waals surface area (Å²) in [5, 5.41) is 0. The molecule has 254 valence electrons. The van der Waals surface area contributed by atoms with Crippen molar-refractivity contribution in [1.29, 1.82) is 0 Å². The van der Waals surface area contributed by atoms with Gasteiger partial charge in [-0.25, -0.2) is 0 Å². The van der Waals surface area contributed by atoms with Gasteiger partial charge < -0.3 is 25.0 Å². The molecule has 47 heavy (non-hydrogen) atoms. The molecule has 8 heteroatoms. The first-order valence-electron chi connectivity index (χ1n) is 17.7. The van der Waals surface area contributed by atoms with Crippen LogP contribution in [0.4, 0.5) is 0 Å². The zero-order chi connectivity index (χ0) is 32.9. The van der Waals surface area contributed by atoms with Gasteiger partial charge in [-0.05, 0) is 94.4 Å². The van der Waals surface area contributed by atoms with Crippen molar-refractivity contribution in [2.24, 2.45) is 11.7 Å². The maximum atomic E-state index is 13.3. The van der Waals surface area contributed by atoms with Gasteiger partial charge >= 0.3 is 0 Å². The van der Waals surface area contributed by atoms with Crippen LogP contribution >= 0.6 is 0 Å². The number of hydrogen-bond donors (Lipinski definition) is 1. The molecule has 1 aromatic heterocycles. The van der Waals surface area contributed by atoms with Crippen LogP contribution < -0.4 is 10.5 Å². The van der Waals surface area contributed by atoms with E-state index >= 15 is 0 Å². The Morgan fingerprint density at radius 3 is 2.21 bits per heavy atom. The minimum absolute atomic E-state index is 0.129. The molecule has 2 N–H and O–H groups in total. The van der Waals surface area contributed by atoms with Crippen LogP contribution in [-0.4, -0.2) is 97.8 Å². The van der Waals surface area contributed by atoms with Gasteiger partial charge in [0.1, 0.15) is 11.2 Å². The molecule has 2 aliphatic rings. The minimum Gasteiger partial charge on any atom is -0.496 e. The maximum Gasteiger partial charge on any atom is 0.232 e. The minimum atomic E-state index is -0.828. The number of piperidine rings is 1. The highest BCUT2D eigenvalue weighted by Crippen LogP contribution is 2.43. The molecule has 0 saturated carbocycles. The van der Waals surface area contributed by atoms with Gasteiger partial charge in [-0.1, -0.05) is 67.6 Å². The van der Waals surface area contributed by atoms with E-state index in [1.54, 1.807) is 13.3 Å². The van der Waals surface area contributed by atoms with E-state index in [1.807, 2.05) is 48.7 Å². The molecule has 0 spiro atoms. The summed E-state index contributed by atoms with van der Waals surface area (Å²) in [5.41, 5.74) is 8.58. The number of benzene rings is 2. The van der Waals surface area contributed by atoms with Crippen LogP contribution in [0.5, 0.6) is 5.75 Å². The Balaban J connectivity index is 0.988. The molecule has 0 radical (unpaired) electrons. The van der Waals surface area contributed by atoms with Crippen molar-refractivity contribution in [2.75, 3.05) is 66.1 Å². The van der Waals surface area contributed by atoms with Gasteiger partial charge in [-0.2, -0.15) is 0 Å². The number of aromatic nitrogens is 1. The number of methoxy groups -OCH3 is 1. The number of hydrogen-bond acceptors (Lipinski definition) is 7. The van der Waals surface area contributed by atoms with E-state index in [4.69, 9.17) is 15.2 Å². The third-order valence-electron chi connectivity index (χ3n) is 10.4. The Morgan fingerprint density at radius 2 is 1.57 bits per heavy atom. The smallest absolute Gasteiger partial charge is 0.232 e. The quantitative estimate of drug-likeness (QED) is 0.187. The monoisotopic (exact) mass is 641 g/mol. The average Bonchev–Trinajstić information content (AvgIpc) is 3.58. The molecule has 1 atom stereocenters. The molecule has 0 aliphatic carbocycles. The third kappa shape index (κ3) is 8.79. The first kappa shape index (κ1) is 35.0. The fraction of sp³-hybridized carbons (Fsp3) is 0.538. The average molecular weight is 642 g/mol. The molecule has 0 unspecified atom stereocenters. The lowest BCUT2D eigenvalue weighted by molar-refractivity contribution is -0.123. The zero-order valence-corrected chi connectivity index (χ0v) is 28.6. The van der Waals surface area contributed by atoms with Crippen molar-refractivity contribution < 1.29 is 14.3 Å². The number of carbonyl (C=O) groups is 1. The summed E-state index contributed by atoms with van der Waals surface area (Å²) >= 11 is 0. The van der Waals surface area contributed by atoms with Gasteiger partial charge in [-0.15, -0.1) is 0 Å². The molecule has 2 aromatic carbocycles. The van der Waals surface area contributed by atoms with Crippen molar-refractivity contribution in [3.63, 3.8) is 0 Å². The summed E-state index contributed by atoms with van der Waals surface area (Å²) < 4.78 is 11.6. The number of likely N-dealkylation sites (tertiary alicyclic amines) is 2. The molecule has 1 amide bonds. The molecule has 3 aromatic rings. The molecule has 0 bridgehead atoms. The number of primary amides is 1. The lowest BCUT2D eigenvalue weighted by Crippen LogP contribution is -2.49. The fourth-order valence-electron chi connectivity index (χ4n) is 7.94. The van der Waals surface area contributed by atoms with Crippen LogP contribution in [0.15, 0.2) is 79.1 Å². The second kappa shape index (κ2) is 17.7. The summed E-state index contributed by atoms with van der Waals surface area (Å²) in [5.74, 6) is 0.793. The SMILES string of the molecule is CCN(CCCCOCCCN1CC[C@@H](C(C(N)=O)(c2ccccc2)c2ccccc2)C1)C1CCN(Cc2cnccc2OC)CC1.